The molecule has 0 fully saturated rings. The van der Waals surface area contributed by atoms with Crippen LogP contribution < -0.4 is 5.32 Å². The number of rotatable bonds is 5. The van der Waals surface area contributed by atoms with Crippen LogP contribution in [0, 0.1) is 0 Å². The zero-order valence-electron chi connectivity index (χ0n) is 13.4. The molecule has 0 aliphatic carbocycles. The van der Waals surface area contributed by atoms with E-state index < -0.39 is 23.6 Å². The maximum Gasteiger partial charge on any atom is 0.416 e. The van der Waals surface area contributed by atoms with Crippen LogP contribution in [0.3, 0.4) is 0 Å². The number of hydrogen-bond acceptors (Lipinski definition) is 3. The van der Waals surface area contributed by atoms with Gasteiger partial charge in [0.25, 0.3) is 0 Å². The maximum atomic E-state index is 12.7. The number of esters is 1. The second kappa shape index (κ2) is 7.83. The monoisotopic (exact) mass is 351 g/mol. The quantitative estimate of drug-likeness (QED) is 0.827. The number of amides is 1. The van der Waals surface area contributed by atoms with Gasteiger partial charge in [-0.15, -0.1) is 0 Å². The molecule has 0 saturated heterocycles. The Balaban J connectivity index is 2.06. The van der Waals surface area contributed by atoms with E-state index >= 15 is 0 Å². The Morgan fingerprint density at radius 2 is 1.80 bits per heavy atom. The molecule has 0 saturated carbocycles. The second-order valence-electron chi connectivity index (χ2n) is 5.22. The summed E-state index contributed by atoms with van der Waals surface area (Å²) in [5.74, 6) is -1.00. The highest BCUT2D eigenvalue weighted by Crippen LogP contribution is 2.29. The van der Waals surface area contributed by atoms with Gasteiger partial charge in [-0.25, -0.2) is 4.79 Å². The van der Waals surface area contributed by atoms with Crippen molar-refractivity contribution in [2.24, 2.45) is 0 Å². The Bertz CT molecular complexity index is 772. The number of anilines is 1. The molecule has 0 heterocycles. The van der Waals surface area contributed by atoms with Gasteiger partial charge in [-0.05, 0) is 36.8 Å². The Labute approximate surface area is 142 Å². The van der Waals surface area contributed by atoms with Gasteiger partial charge >= 0.3 is 12.1 Å². The van der Waals surface area contributed by atoms with Gasteiger partial charge in [0.05, 0.1) is 24.2 Å². The molecule has 25 heavy (non-hydrogen) atoms. The van der Waals surface area contributed by atoms with Crippen molar-refractivity contribution in [1.29, 1.82) is 0 Å². The predicted molar refractivity (Wildman–Crippen MR) is 86.2 cm³/mol. The minimum atomic E-state index is -4.46. The first-order valence-corrected chi connectivity index (χ1v) is 7.52. The van der Waals surface area contributed by atoms with Crippen molar-refractivity contribution >= 4 is 17.6 Å². The average molecular weight is 351 g/mol. The summed E-state index contributed by atoms with van der Waals surface area (Å²) in [4.78, 5) is 23.7. The molecule has 0 unspecified atom stereocenters. The van der Waals surface area contributed by atoms with Crippen molar-refractivity contribution in [1.82, 2.24) is 0 Å². The molecule has 2 aromatic rings. The van der Waals surface area contributed by atoms with Crippen LogP contribution in [0.4, 0.5) is 18.9 Å². The van der Waals surface area contributed by atoms with Crippen molar-refractivity contribution < 1.29 is 27.5 Å². The van der Waals surface area contributed by atoms with E-state index in [1.165, 1.54) is 18.2 Å². The van der Waals surface area contributed by atoms with Crippen LogP contribution in [0.25, 0.3) is 0 Å². The lowest BCUT2D eigenvalue weighted by molar-refractivity contribution is -0.137. The van der Waals surface area contributed by atoms with Crippen molar-refractivity contribution in [2.45, 2.75) is 19.5 Å². The number of ether oxygens (including phenoxy) is 1. The summed E-state index contributed by atoms with van der Waals surface area (Å²) >= 11 is 0. The lowest BCUT2D eigenvalue weighted by atomic mass is 10.1. The third-order valence-corrected chi connectivity index (χ3v) is 3.28. The molecule has 1 amide bonds. The molecule has 1 N–H and O–H groups in total. The third-order valence-electron chi connectivity index (χ3n) is 3.28. The molecular formula is C18H16F3NO3. The lowest BCUT2D eigenvalue weighted by Crippen LogP contribution is -2.15. The number of carbonyl (C=O) groups is 2. The van der Waals surface area contributed by atoms with Gasteiger partial charge < -0.3 is 10.1 Å². The van der Waals surface area contributed by atoms with Crippen molar-refractivity contribution in [3.05, 3.63) is 65.2 Å². The summed E-state index contributed by atoms with van der Waals surface area (Å²) in [7, 11) is 0. The van der Waals surface area contributed by atoms with Crippen LogP contribution in [0.15, 0.2) is 48.5 Å². The number of benzene rings is 2. The molecular weight excluding hydrogens is 335 g/mol. The Morgan fingerprint density at radius 3 is 2.48 bits per heavy atom. The van der Waals surface area contributed by atoms with Gasteiger partial charge in [-0.2, -0.15) is 13.2 Å². The van der Waals surface area contributed by atoms with Crippen LogP contribution in [0.1, 0.15) is 28.4 Å². The van der Waals surface area contributed by atoms with Gasteiger partial charge in [-0.3, -0.25) is 4.79 Å². The maximum absolute atomic E-state index is 12.7. The van der Waals surface area contributed by atoms with E-state index in [9.17, 15) is 22.8 Å². The minimum absolute atomic E-state index is 0.215. The molecule has 0 spiro atoms. The molecule has 0 radical (unpaired) electrons. The zero-order valence-corrected chi connectivity index (χ0v) is 13.4. The van der Waals surface area contributed by atoms with Gasteiger partial charge in [0, 0.05) is 5.69 Å². The SMILES string of the molecule is CCOC(=O)c1cccc(NC(=O)Cc2cccc(C(F)(F)F)c2)c1. The standard InChI is InChI=1S/C18H16F3NO3/c1-2-25-17(24)13-6-4-8-15(11-13)22-16(23)10-12-5-3-7-14(9-12)18(19,20)21/h3-9,11H,2,10H2,1H3,(H,22,23). The zero-order chi connectivity index (χ0) is 18.4. The van der Waals surface area contributed by atoms with E-state index in [0.717, 1.165) is 12.1 Å². The lowest BCUT2D eigenvalue weighted by Gasteiger charge is -2.10. The Hall–Kier alpha value is -2.83. The summed E-state index contributed by atoms with van der Waals surface area (Å²) in [5, 5.41) is 2.56. The molecule has 0 bridgehead atoms. The molecule has 0 aliphatic rings. The van der Waals surface area contributed by atoms with Crippen LogP contribution >= 0.6 is 0 Å². The van der Waals surface area contributed by atoms with E-state index in [-0.39, 0.29) is 24.2 Å². The Morgan fingerprint density at radius 1 is 1.08 bits per heavy atom. The molecule has 0 aliphatic heterocycles. The van der Waals surface area contributed by atoms with Crippen LogP contribution in [-0.2, 0) is 22.1 Å². The average Bonchev–Trinajstić information content (AvgIpc) is 2.54. The second-order valence-corrected chi connectivity index (χ2v) is 5.22. The first-order chi connectivity index (χ1) is 11.8. The third kappa shape index (κ3) is 5.34. The predicted octanol–water partition coefficient (Wildman–Crippen LogP) is 4.06. The van der Waals surface area contributed by atoms with E-state index in [2.05, 4.69) is 5.32 Å². The minimum Gasteiger partial charge on any atom is -0.462 e. The largest absolute Gasteiger partial charge is 0.462 e. The highest BCUT2D eigenvalue weighted by molar-refractivity contribution is 5.95. The van der Waals surface area contributed by atoms with Crippen LogP contribution in [0.2, 0.25) is 0 Å². The van der Waals surface area contributed by atoms with Crippen molar-refractivity contribution in [3.63, 3.8) is 0 Å². The number of hydrogen-bond donors (Lipinski definition) is 1. The van der Waals surface area contributed by atoms with E-state index in [4.69, 9.17) is 4.74 Å². The van der Waals surface area contributed by atoms with Crippen LogP contribution in [0.5, 0.6) is 0 Å². The first kappa shape index (κ1) is 18.5. The highest BCUT2D eigenvalue weighted by atomic mass is 19.4. The molecule has 132 valence electrons. The Kier molecular flexibility index (Phi) is 5.80. The van der Waals surface area contributed by atoms with Gasteiger partial charge in [0.2, 0.25) is 5.91 Å². The summed E-state index contributed by atoms with van der Waals surface area (Å²) in [5.41, 5.74) is 0.0808. The first-order valence-electron chi connectivity index (χ1n) is 7.52. The summed E-state index contributed by atoms with van der Waals surface area (Å²) in [6, 6.07) is 10.7. The molecule has 0 aromatic heterocycles. The van der Waals surface area contributed by atoms with Gasteiger partial charge in [-0.1, -0.05) is 24.3 Å². The van der Waals surface area contributed by atoms with Crippen LogP contribution in [-0.4, -0.2) is 18.5 Å². The number of carbonyl (C=O) groups excluding carboxylic acids is 2. The van der Waals surface area contributed by atoms with Gasteiger partial charge in [0.15, 0.2) is 0 Å². The van der Waals surface area contributed by atoms with Crippen molar-refractivity contribution in [2.75, 3.05) is 11.9 Å². The highest BCUT2D eigenvalue weighted by Gasteiger charge is 2.30. The fraction of sp³-hybridized carbons (Fsp3) is 0.222. The van der Waals surface area contributed by atoms with E-state index in [1.54, 1.807) is 25.1 Å². The summed E-state index contributed by atoms with van der Waals surface area (Å²) in [6.07, 6.45) is -4.67. The summed E-state index contributed by atoms with van der Waals surface area (Å²) in [6.45, 7) is 1.91. The number of halogens is 3. The molecule has 2 aromatic carbocycles. The number of alkyl halides is 3. The van der Waals surface area contributed by atoms with E-state index in [0.29, 0.717) is 5.69 Å². The molecule has 4 nitrogen and oxygen atoms in total. The number of nitrogens with one attached hydrogen (secondary N) is 1. The topological polar surface area (TPSA) is 55.4 Å². The van der Waals surface area contributed by atoms with Gasteiger partial charge in [0.1, 0.15) is 0 Å². The fourth-order valence-electron chi connectivity index (χ4n) is 2.19. The molecule has 2 rings (SSSR count). The van der Waals surface area contributed by atoms with Crippen molar-refractivity contribution in [3.8, 4) is 0 Å². The fourth-order valence-corrected chi connectivity index (χ4v) is 2.19. The van der Waals surface area contributed by atoms with E-state index in [1.807, 2.05) is 0 Å². The normalized spacial score (nSPS) is 11.0. The molecule has 0 atom stereocenters. The summed E-state index contributed by atoms with van der Waals surface area (Å²) < 4.78 is 42.9. The smallest absolute Gasteiger partial charge is 0.416 e. The molecule has 7 heteroatoms.